The fraction of sp³-hybridized carbons (Fsp3) is 0.647. The SMILES string of the molecule is CC(C)CC[C@H](c1ccccc1OC(F)F)N1CCNCC1. The van der Waals surface area contributed by atoms with Crippen molar-refractivity contribution in [2.24, 2.45) is 5.92 Å². The standard InChI is InChI=1S/C17H26F2N2O/c1-13(2)7-8-15(21-11-9-20-10-12-21)14-5-3-4-6-16(14)22-17(18)19/h3-6,13,15,17,20H,7-12H2,1-2H3/t15-/m1/s1. The summed E-state index contributed by atoms with van der Waals surface area (Å²) in [6, 6.07) is 7.35. The quantitative estimate of drug-likeness (QED) is 0.831. The van der Waals surface area contributed by atoms with Crippen LogP contribution >= 0.6 is 0 Å². The molecule has 0 radical (unpaired) electrons. The summed E-state index contributed by atoms with van der Waals surface area (Å²) in [6.45, 7) is 5.35. The van der Waals surface area contributed by atoms with Gasteiger partial charge < -0.3 is 10.1 Å². The van der Waals surface area contributed by atoms with Crippen molar-refractivity contribution in [3.05, 3.63) is 29.8 Å². The maximum atomic E-state index is 12.7. The van der Waals surface area contributed by atoms with Crippen LogP contribution in [0.1, 0.15) is 38.3 Å². The van der Waals surface area contributed by atoms with Crippen LogP contribution in [-0.2, 0) is 0 Å². The molecule has 0 amide bonds. The van der Waals surface area contributed by atoms with E-state index in [1.165, 1.54) is 0 Å². The zero-order chi connectivity index (χ0) is 15.9. The Morgan fingerprint density at radius 2 is 1.82 bits per heavy atom. The average Bonchev–Trinajstić information content (AvgIpc) is 2.49. The maximum Gasteiger partial charge on any atom is 0.387 e. The molecule has 0 aliphatic carbocycles. The van der Waals surface area contributed by atoms with Gasteiger partial charge in [-0.05, 0) is 24.8 Å². The molecule has 1 N–H and O–H groups in total. The largest absolute Gasteiger partial charge is 0.434 e. The van der Waals surface area contributed by atoms with Crippen molar-refractivity contribution in [3.8, 4) is 5.75 Å². The van der Waals surface area contributed by atoms with Gasteiger partial charge in [0.1, 0.15) is 5.75 Å². The van der Waals surface area contributed by atoms with Crippen LogP contribution in [-0.4, -0.2) is 37.7 Å². The minimum absolute atomic E-state index is 0.138. The Bertz CT molecular complexity index is 448. The second-order valence-electron chi connectivity index (χ2n) is 6.19. The molecule has 0 bridgehead atoms. The minimum atomic E-state index is -2.78. The molecule has 124 valence electrons. The Hall–Kier alpha value is -1.20. The summed E-state index contributed by atoms with van der Waals surface area (Å²) in [4.78, 5) is 2.38. The molecule has 1 atom stereocenters. The second kappa shape index (κ2) is 8.44. The number of piperazine rings is 1. The van der Waals surface area contributed by atoms with Gasteiger partial charge in [-0.1, -0.05) is 32.0 Å². The van der Waals surface area contributed by atoms with E-state index in [0.29, 0.717) is 11.7 Å². The van der Waals surface area contributed by atoms with E-state index in [0.717, 1.165) is 44.6 Å². The van der Waals surface area contributed by atoms with E-state index in [-0.39, 0.29) is 6.04 Å². The van der Waals surface area contributed by atoms with Gasteiger partial charge in [-0.25, -0.2) is 0 Å². The van der Waals surface area contributed by atoms with Gasteiger partial charge in [0.2, 0.25) is 0 Å². The Labute approximate surface area is 131 Å². The highest BCUT2D eigenvalue weighted by molar-refractivity contribution is 5.36. The van der Waals surface area contributed by atoms with Crippen molar-refractivity contribution < 1.29 is 13.5 Å². The molecule has 1 aromatic carbocycles. The molecule has 0 unspecified atom stereocenters. The third-order valence-electron chi connectivity index (χ3n) is 4.10. The van der Waals surface area contributed by atoms with E-state index in [9.17, 15) is 8.78 Å². The Morgan fingerprint density at radius 1 is 1.14 bits per heavy atom. The number of halogens is 2. The van der Waals surface area contributed by atoms with Gasteiger partial charge in [-0.15, -0.1) is 0 Å². The second-order valence-corrected chi connectivity index (χ2v) is 6.19. The lowest BCUT2D eigenvalue weighted by Crippen LogP contribution is -2.45. The first-order chi connectivity index (χ1) is 10.6. The average molecular weight is 312 g/mol. The lowest BCUT2D eigenvalue weighted by atomic mass is 9.95. The predicted octanol–water partition coefficient (Wildman–Crippen LogP) is 3.67. The van der Waals surface area contributed by atoms with Crippen molar-refractivity contribution in [2.75, 3.05) is 26.2 Å². The van der Waals surface area contributed by atoms with Crippen LogP contribution in [0.15, 0.2) is 24.3 Å². The molecule has 1 heterocycles. The molecule has 1 aliphatic rings. The number of para-hydroxylation sites is 1. The van der Waals surface area contributed by atoms with Crippen molar-refractivity contribution in [3.63, 3.8) is 0 Å². The van der Waals surface area contributed by atoms with Crippen LogP contribution in [0.3, 0.4) is 0 Å². The van der Waals surface area contributed by atoms with Gasteiger partial charge in [-0.2, -0.15) is 8.78 Å². The Morgan fingerprint density at radius 3 is 2.45 bits per heavy atom. The topological polar surface area (TPSA) is 24.5 Å². The number of ether oxygens (including phenoxy) is 1. The third kappa shape index (κ3) is 4.92. The summed E-state index contributed by atoms with van der Waals surface area (Å²) < 4.78 is 30.1. The molecule has 3 nitrogen and oxygen atoms in total. The predicted molar refractivity (Wildman–Crippen MR) is 84.3 cm³/mol. The van der Waals surface area contributed by atoms with Crippen molar-refractivity contribution >= 4 is 0 Å². The van der Waals surface area contributed by atoms with E-state index < -0.39 is 6.61 Å². The van der Waals surface area contributed by atoms with Gasteiger partial charge in [0.05, 0.1) is 0 Å². The summed E-state index contributed by atoms with van der Waals surface area (Å²) in [5, 5.41) is 3.34. The monoisotopic (exact) mass is 312 g/mol. The lowest BCUT2D eigenvalue weighted by molar-refractivity contribution is -0.0513. The first-order valence-electron chi connectivity index (χ1n) is 8.06. The molecule has 1 aliphatic heterocycles. The molecule has 1 saturated heterocycles. The first-order valence-corrected chi connectivity index (χ1v) is 8.06. The van der Waals surface area contributed by atoms with Crippen molar-refractivity contribution in [1.82, 2.24) is 10.2 Å². The fourth-order valence-electron chi connectivity index (χ4n) is 2.98. The summed E-state index contributed by atoms with van der Waals surface area (Å²) in [6.07, 6.45) is 2.03. The summed E-state index contributed by atoms with van der Waals surface area (Å²) in [5.74, 6) is 0.901. The lowest BCUT2D eigenvalue weighted by Gasteiger charge is -2.36. The number of benzene rings is 1. The van der Waals surface area contributed by atoms with Crippen LogP contribution in [0.4, 0.5) is 8.78 Å². The highest BCUT2D eigenvalue weighted by Gasteiger charge is 2.25. The third-order valence-corrected chi connectivity index (χ3v) is 4.10. The van der Waals surface area contributed by atoms with E-state index >= 15 is 0 Å². The van der Waals surface area contributed by atoms with Crippen LogP contribution in [0.25, 0.3) is 0 Å². The molecular formula is C17H26F2N2O. The van der Waals surface area contributed by atoms with E-state index in [1.807, 2.05) is 12.1 Å². The molecule has 5 heteroatoms. The number of nitrogens with zero attached hydrogens (tertiary/aromatic N) is 1. The first kappa shape index (κ1) is 17.2. The van der Waals surface area contributed by atoms with Gasteiger partial charge in [0, 0.05) is 37.8 Å². The van der Waals surface area contributed by atoms with Crippen molar-refractivity contribution in [1.29, 1.82) is 0 Å². The number of hydrogen-bond donors (Lipinski definition) is 1. The zero-order valence-corrected chi connectivity index (χ0v) is 13.4. The molecule has 1 aromatic rings. The van der Waals surface area contributed by atoms with E-state index in [4.69, 9.17) is 4.74 Å². The normalized spacial score (nSPS) is 17.9. The van der Waals surface area contributed by atoms with Gasteiger partial charge in [-0.3, -0.25) is 4.90 Å². The summed E-state index contributed by atoms with van der Waals surface area (Å²) >= 11 is 0. The molecule has 22 heavy (non-hydrogen) atoms. The zero-order valence-electron chi connectivity index (χ0n) is 13.4. The number of nitrogens with one attached hydrogen (secondary N) is 1. The number of hydrogen-bond acceptors (Lipinski definition) is 3. The van der Waals surface area contributed by atoms with Gasteiger partial charge in [0.25, 0.3) is 0 Å². The van der Waals surface area contributed by atoms with E-state index in [2.05, 4.69) is 24.1 Å². The highest BCUT2D eigenvalue weighted by Crippen LogP contribution is 2.34. The van der Waals surface area contributed by atoms with Crippen LogP contribution in [0, 0.1) is 5.92 Å². The van der Waals surface area contributed by atoms with Crippen LogP contribution in [0.2, 0.25) is 0 Å². The fourth-order valence-corrected chi connectivity index (χ4v) is 2.98. The smallest absolute Gasteiger partial charge is 0.387 e. The molecule has 0 spiro atoms. The molecular weight excluding hydrogens is 286 g/mol. The number of rotatable bonds is 7. The number of alkyl halides is 2. The van der Waals surface area contributed by atoms with Crippen molar-refractivity contribution in [2.45, 2.75) is 39.3 Å². The van der Waals surface area contributed by atoms with Crippen LogP contribution < -0.4 is 10.1 Å². The molecule has 0 saturated carbocycles. The molecule has 1 fully saturated rings. The van der Waals surface area contributed by atoms with Gasteiger partial charge >= 0.3 is 6.61 Å². The summed E-state index contributed by atoms with van der Waals surface area (Å²) in [7, 11) is 0. The molecule has 2 rings (SSSR count). The summed E-state index contributed by atoms with van der Waals surface area (Å²) in [5.41, 5.74) is 0.880. The van der Waals surface area contributed by atoms with Crippen LogP contribution in [0.5, 0.6) is 5.75 Å². The highest BCUT2D eigenvalue weighted by atomic mass is 19.3. The van der Waals surface area contributed by atoms with E-state index in [1.54, 1.807) is 12.1 Å². The Kier molecular flexibility index (Phi) is 6.58. The Balaban J connectivity index is 2.22. The molecule has 0 aromatic heterocycles. The maximum absolute atomic E-state index is 12.7. The minimum Gasteiger partial charge on any atom is -0.434 e. The van der Waals surface area contributed by atoms with Gasteiger partial charge in [0.15, 0.2) is 0 Å².